The van der Waals surface area contributed by atoms with Gasteiger partial charge in [-0.1, -0.05) is 44.1 Å². The largest absolute Gasteiger partial charge is 0.491 e. The number of carbonyl (C=O) groups is 1. The molecule has 4 heterocycles. The number of benzene rings is 1. The van der Waals surface area contributed by atoms with Crippen LogP contribution in [0.15, 0.2) is 53.2 Å². The number of hydrogen-bond acceptors (Lipinski definition) is 10. The molecule has 1 amide bonds. The number of aromatic nitrogens is 4. The second-order valence-corrected chi connectivity index (χ2v) is 20.1. The molecule has 49 heavy (non-hydrogen) atoms. The Morgan fingerprint density at radius 1 is 1.04 bits per heavy atom. The van der Waals surface area contributed by atoms with Crippen molar-refractivity contribution in [2.45, 2.75) is 98.3 Å². The van der Waals surface area contributed by atoms with Crippen molar-refractivity contribution < 1.29 is 23.2 Å². The Kier molecular flexibility index (Phi) is 10.2. The molecule has 1 aliphatic rings. The Bertz CT molecular complexity index is 1750. The third-order valence-corrected chi connectivity index (χ3v) is 13.5. The average Bonchev–Trinajstić information content (AvgIpc) is 3.60. The Labute approximate surface area is 291 Å². The molecule has 0 saturated heterocycles. The Hall–Kier alpha value is -4.29. The highest BCUT2D eigenvalue weighted by molar-refractivity contribution is 6.74. The van der Waals surface area contributed by atoms with E-state index in [9.17, 15) is 4.79 Å². The van der Waals surface area contributed by atoms with E-state index in [0.29, 0.717) is 37.0 Å². The van der Waals surface area contributed by atoms with Crippen molar-refractivity contribution in [1.29, 1.82) is 0 Å². The van der Waals surface area contributed by atoms with E-state index in [2.05, 4.69) is 55.0 Å². The van der Waals surface area contributed by atoms with Gasteiger partial charge in [0.15, 0.2) is 14.1 Å². The minimum Gasteiger partial charge on any atom is -0.491 e. The van der Waals surface area contributed by atoms with Crippen LogP contribution in [0.2, 0.25) is 18.1 Å². The Balaban J connectivity index is 1.42. The van der Waals surface area contributed by atoms with Gasteiger partial charge in [0.25, 0.3) is 0 Å². The van der Waals surface area contributed by atoms with Gasteiger partial charge >= 0.3 is 6.09 Å². The molecule has 0 aliphatic carbocycles. The smallest absolute Gasteiger partial charge is 0.410 e. The Morgan fingerprint density at radius 2 is 1.80 bits per heavy atom. The summed E-state index contributed by atoms with van der Waals surface area (Å²) in [4.78, 5) is 31.2. The summed E-state index contributed by atoms with van der Waals surface area (Å²) >= 11 is 0. The van der Waals surface area contributed by atoms with Crippen molar-refractivity contribution >= 4 is 20.2 Å². The first kappa shape index (κ1) is 36.0. The second-order valence-electron chi connectivity index (χ2n) is 15.3. The van der Waals surface area contributed by atoms with Crippen LogP contribution in [0.5, 0.6) is 5.75 Å². The van der Waals surface area contributed by atoms with Crippen molar-refractivity contribution in [2.24, 2.45) is 0 Å². The molecular weight excluding hydrogens is 637 g/mol. The molecule has 12 heteroatoms. The summed E-state index contributed by atoms with van der Waals surface area (Å²) < 4.78 is 24.3. The number of rotatable bonds is 10. The van der Waals surface area contributed by atoms with E-state index in [1.807, 2.05) is 77.2 Å². The molecule has 0 saturated carbocycles. The van der Waals surface area contributed by atoms with Gasteiger partial charge < -0.3 is 28.2 Å². The molecule has 0 bridgehead atoms. The zero-order valence-corrected chi connectivity index (χ0v) is 31.7. The van der Waals surface area contributed by atoms with E-state index < -0.39 is 20.0 Å². The van der Waals surface area contributed by atoms with Crippen LogP contribution in [0.3, 0.4) is 0 Å². The van der Waals surface area contributed by atoms with E-state index in [1.165, 1.54) is 5.56 Å². The van der Waals surface area contributed by atoms with Crippen LogP contribution in [0.1, 0.15) is 64.3 Å². The number of hydrogen-bond donors (Lipinski definition) is 0. The van der Waals surface area contributed by atoms with Crippen molar-refractivity contribution in [3.05, 3.63) is 71.4 Å². The quantitative estimate of drug-likeness (QED) is 0.152. The lowest BCUT2D eigenvalue weighted by Crippen LogP contribution is -2.49. The van der Waals surface area contributed by atoms with Gasteiger partial charge in [0.1, 0.15) is 29.5 Å². The van der Waals surface area contributed by atoms with Gasteiger partial charge in [-0.3, -0.25) is 4.98 Å². The molecule has 0 radical (unpaired) electrons. The third kappa shape index (κ3) is 8.66. The lowest BCUT2D eigenvalue weighted by atomic mass is 10.1. The van der Waals surface area contributed by atoms with Crippen LogP contribution in [-0.2, 0) is 22.3 Å². The highest BCUT2D eigenvalue weighted by atomic mass is 28.4. The van der Waals surface area contributed by atoms with Crippen LogP contribution in [-0.4, -0.2) is 71.3 Å². The first-order chi connectivity index (χ1) is 22.9. The zero-order valence-electron chi connectivity index (χ0n) is 30.7. The maximum Gasteiger partial charge on any atom is 0.410 e. The van der Waals surface area contributed by atoms with Crippen molar-refractivity contribution in [2.75, 3.05) is 25.1 Å². The van der Waals surface area contributed by atoms with Gasteiger partial charge in [-0.15, -0.1) is 0 Å². The highest BCUT2D eigenvalue weighted by Gasteiger charge is 2.40. The molecule has 3 aromatic heterocycles. The minimum absolute atomic E-state index is 0.0241. The van der Waals surface area contributed by atoms with Gasteiger partial charge in [-0.2, -0.15) is 0 Å². The topological polar surface area (TPSA) is 116 Å². The van der Waals surface area contributed by atoms with E-state index in [4.69, 9.17) is 28.4 Å². The number of likely N-dealkylation sites (N-methyl/N-ethyl adjacent to an activating group) is 1. The van der Waals surface area contributed by atoms with Gasteiger partial charge in [-0.05, 0) is 76.5 Å². The molecule has 5 rings (SSSR count). The zero-order chi connectivity index (χ0) is 35.7. The summed E-state index contributed by atoms with van der Waals surface area (Å²) in [6.07, 6.45) is 1.05. The number of pyridine rings is 1. The summed E-state index contributed by atoms with van der Waals surface area (Å²) in [5.41, 5.74) is 4.79. The first-order valence-electron chi connectivity index (χ1n) is 16.8. The molecule has 0 fully saturated rings. The van der Waals surface area contributed by atoms with Gasteiger partial charge in [0.05, 0.1) is 41.8 Å². The average molecular weight is 687 g/mol. The lowest BCUT2D eigenvalue weighted by molar-refractivity contribution is 0.0172. The second kappa shape index (κ2) is 13.9. The molecule has 262 valence electrons. The number of fused-ring (bicyclic) bond motifs is 1. The molecule has 0 N–H and O–H groups in total. The molecule has 1 aliphatic heterocycles. The summed E-state index contributed by atoms with van der Waals surface area (Å²) in [7, 11) is -0.475. The molecule has 1 atom stereocenters. The fourth-order valence-corrected chi connectivity index (χ4v) is 6.75. The van der Waals surface area contributed by atoms with E-state index >= 15 is 0 Å². The van der Waals surface area contributed by atoms with Crippen LogP contribution >= 0.6 is 0 Å². The summed E-state index contributed by atoms with van der Waals surface area (Å²) in [5, 5.41) is 4.15. The predicted molar refractivity (Wildman–Crippen MR) is 193 cm³/mol. The fourth-order valence-electron chi connectivity index (χ4n) is 5.42. The van der Waals surface area contributed by atoms with Crippen molar-refractivity contribution in [3.8, 4) is 28.4 Å². The van der Waals surface area contributed by atoms with Crippen molar-refractivity contribution in [3.63, 3.8) is 0 Å². The fraction of sp³-hybridized carbons (Fsp3) is 0.486. The third-order valence-electron chi connectivity index (χ3n) is 8.99. The highest BCUT2D eigenvalue weighted by Crippen LogP contribution is 2.38. The number of aryl methyl sites for hydroxylation is 2. The van der Waals surface area contributed by atoms with E-state index in [-0.39, 0.29) is 17.7 Å². The Morgan fingerprint density at radius 3 is 2.45 bits per heavy atom. The predicted octanol–water partition coefficient (Wildman–Crippen LogP) is 7.97. The van der Waals surface area contributed by atoms with Crippen LogP contribution in [0, 0.1) is 13.8 Å². The summed E-state index contributed by atoms with van der Waals surface area (Å²) in [5.74, 6) is 2.69. The van der Waals surface area contributed by atoms with Crippen LogP contribution < -0.4 is 9.64 Å². The number of amides is 1. The van der Waals surface area contributed by atoms with Crippen LogP contribution in [0.25, 0.3) is 22.6 Å². The maximum absolute atomic E-state index is 12.9. The normalized spacial score (nSPS) is 14.1. The van der Waals surface area contributed by atoms with Crippen LogP contribution in [0.4, 0.5) is 10.6 Å². The number of carbonyl (C=O) groups excluding carboxylic acids is 1. The van der Waals surface area contributed by atoms with Crippen molar-refractivity contribution in [1.82, 2.24) is 25.0 Å². The maximum atomic E-state index is 12.9. The van der Waals surface area contributed by atoms with Gasteiger partial charge in [0.2, 0.25) is 0 Å². The molecule has 11 nitrogen and oxygen atoms in total. The summed E-state index contributed by atoms with van der Waals surface area (Å²) in [6, 6.07) is 13.8. The molecule has 1 aromatic carbocycles. The van der Waals surface area contributed by atoms with E-state index in [0.717, 1.165) is 34.0 Å². The minimum atomic E-state index is -2.20. The molecule has 4 aromatic rings. The standard InChI is InChI=1S/C37H50N6O5Si/c1-24-33(25(2)47-41-24)30-19-32(43-20-27-15-13-17-38-31(27)22-43)40-34(39-30)26-14-12-16-28(18-26)45-23-29(48-49(10,11)37(6,7)8)21-42(9)35(44)46-36(3,4)5/h12-19,29H,20-23H2,1-11H3. The molecular formula is C37H50N6O5Si. The van der Waals surface area contributed by atoms with E-state index in [1.54, 1.807) is 11.9 Å². The van der Waals surface area contributed by atoms with Gasteiger partial charge in [0, 0.05) is 31.4 Å². The SMILES string of the molecule is Cc1noc(C)c1-c1cc(N2Cc3cccnc3C2)nc(-c2cccc(OCC(CN(C)C(=O)OC(C)(C)C)O[Si](C)(C)C(C)(C)C)c2)n1. The number of anilines is 1. The monoisotopic (exact) mass is 686 g/mol. The number of ether oxygens (including phenoxy) is 2. The molecule has 0 spiro atoms. The first-order valence-corrected chi connectivity index (χ1v) is 19.7. The van der Waals surface area contributed by atoms with Gasteiger partial charge in [-0.25, -0.2) is 14.8 Å². The lowest BCUT2D eigenvalue weighted by Gasteiger charge is -2.40. The molecule has 1 unspecified atom stereocenters. The number of nitrogens with zero attached hydrogens (tertiary/aromatic N) is 6. The summed E-state index contributed by atoms with van der Waals surface area (Å²) in [6.45, 7) is 22.3.